The highest BCUT2D eigenvalue weighted by molar-refractivity contribution is 7.17. The monoisotopic (exact) mass is 507 g/mol. The van der Waals surface area contributed by atoms with Crippen LogP contribution in [0.4, 0.5) is 0 Å². The Balaban J connectivity index is 1.42. The zero-order chi connectivity index (χ0) is 24.8. The highest BCUT2D eigenvalue weighted by Crippen LogP contribution is 2.29. The molecule has 1 amide bonds. The van der Waals surface area contributed by atoms with Crippen LogP contribution in [0, 0.1) is 0 Å². The fourth-order valence-corrected chi connectivity index (χ4v) is 5.45. The Morgan fingerprint density at radius 1 is 1.33 bits per heavy atom. The minimum atomic E-state index is -0.505. The maximum Gasteiger partial charge on any atom is 0.326 e. The number of aromatic amines is 2. The average molecular weight is 508 g/mol. The van der Waals surface area contributed by atoms with Crippen molar-refractivity contribution in [1.82, 2.24) is 29.5 Å². The summed E-state index contributed by atoms with van der Waals surface area (Å²) in [6, 6.07) is 6.02. The summed E-state index contributed by atoms with van der Waals surface area (Å²) < 4.78 is 6.96. The number of fused-ring (bicyclic) bond motifs is 1. The van der Waals surface area contributed by atoms with Gasteiger partial charge in [0.1, 0.15) is 5.69 Å². The van der Waals surface area contributed by atoms with Crippen LogP contribution >= 0.6 is 11.3 Å². The molecule has 4 aromatic rings. The molecule has 2 fully saturated rings. The van der Waals surface area contributed by atoms with Gasteiger partial charge in [0.05, 0.1) is 40.3 Å². The zero-order valence-electron chi connectivity index (χ0n) is 19.6. The third-order valence-electron chi connectivity index (χ3n) is 6.44. The van der Waals surface area contributed by atoms with E-state index in [0.29, 0.717) is 33.5 Å². The third-order valence-corrected chi connectivity index (χ3v) is 7.54. The van der Waals surface area contributed by atoms with Crippen LogP contribution in [0.5, 0.6) is 5.88 Å². The zero-order valence-corrected chi connectivity index (χ0v) is 20.4. The van der Waals surface area contributed by atoms with Gasteiger partial charge in [0.15, 0.2) is 11.1 Å². The molecule has 1 atom stereocenters. The number of hydrogen-bond donors (Lipinski definition) is 3. The van der Waals surface area contributed by atoms with E-state index in [1.54, 1.807) is 23.9 Å². The highest BCUT2D eigenvalue weighted by atomic mass is 32.1. The number of carbonyl (C=O) groups is 1. The van der Waals surface area contributed by atoms with Crippen molar-refractivity contribution in [2.75, 3.05) is 20.3 Å². The number of methoxy groups -OCH3 is 1. The molecule has 3 N–H and O–H groups in total. The number of likely N-dealkylation sites (tertiary alicyclic amines) is 1. The van der Waals surface area contributed by atoms with E-state index >= 15 is 0 Å². The van der Waals surface area contributed by atoms with Gasteiger partial charge in [-0.15, -0.1) is 11.3 Å². The minimum Gasteiger partial charge on any atom is -0.493 e. The van der Waals surface area contributed by atoms with Gasteiger partial charge in [-0.2, -0.15) is 9.61 Å². The predicted molar refractivity (Wildman–Crippen MR) is 133 cm³/mol. The van der Waals surface area contributed by atoms with E-state index < -0.39 is 5.69 Å². The molecule has 0 aromatic carbocycles. The Morgan fingerprint density at radius 3 is 2.94 bits per heavy atom. The van der Waals surface area contributed by atoms with Crippen molar-refractivity contribution in [2.24, 2.45) is 4.99 Å². The molecule has 6 rings (SSSR count). The molecule has 0 bridgehead atoms. The van der Waals surface area contributed by atoms with Crippen molar-refractivity contribution in [1.29, 1.82) is 0 Å². The molecule has 12 heteroatoms. The van der Waals surface area contributed by atoms with Gasteiger partial charge < -0.3 is 19.7 Å². The molecular formula is C24H25N7O4S. The van der Waals surface area contributed by atoms with Crippen molar-refractivity contribution in [3.63, 3.8) is 0 Å². The molecular weight excluding hydrogens is 482 g/mol. The summed E-state index contributed by atoms with van der Waals surface area (Å²) in [4.78, 5) is 42.7. The maximum atomic E-state index is 13.2. The van der Waals surface area contributed by atoms with Crippen LogP contribution in [0.15, 0.2) is 34.2 Å². The molecule has 1 unspecified atom stereocenters. The summed E-state index contributed by atoms with van der Waals surface area (Å²) in [5, 5.41) is 15.1. The van der Waals surface area contributed by atoms with Crippen LogP contribution in [-0.2, 0) is 4.74 Å². The lowest BCUT2D eigenvalue weighted by molar-refractivity contribution is 0.0635. The van der Waals surface area contributed by atoms with Crippen molar-refractivity contribution in [2.45, 2.75) is 37.8 Å². The van der Waals surface area contributed by atoms with Crippen LogP contribution in [0.25, 0.3) is 22.3 Å². The molecule has 4 aromatic heterocycles. The van der Waals surface area contributed by atoms with Gasteiger partial charge in [-0.3, -0.25) is 14.8 Å². The topological polar surface area (TPSA) is 141 Å². The Bertz CT molecular complexity index is 1630. The number of nitrogens with one attached hydrogen (secondary N) is 2. The first-order valence-electron chi connectivity index (χ1n) is 11.9. The summed E-state index contributed by atoms with van der Waals surface area (Å²) >= 11 is 1.40. The number of thiophene rings is 1. The fourth-order valence-electron chi connectivity index (χ4n) is 4.52. The Morgan fingerprint density at radius 2 is 2.19 bits per heavy atom. The number of amides is 1. The lowest BCUT2D eigenvalue weighted by Gasteiger charge is -2.23. The molecule has 1 saturated carbocycles. The summed E-state index contributed by atoms with van der Waals surface area (Å²) in [7, 11) is 1.66. The number of aromatic nitrogens is 5. The third kappa shape index (κ3) is 4.22. The van der Waals surface area contributed by atoms with Crippen LogP contribution in [-0.4, -0.2) is 72.8 Å². The quantitative estimate of drug-likeness (QED) is 0.356. The summed E-state index contributed by atoms with van der Waals surface area (Å²) in [6.45, 7) is 1.27. The van der Waals surface area contributed by atoms with Gasteiger partial charge in [-0.1, -0.05) is 0 Å². The predicted octanol–water partition coefficient (Wildman–Crippen LogP) is 1.04. The fraction of sp³-hybridized carbons (Fsp3) is 0.375. The summed E-state index contributed by atoms with van der Waals surface area (Å²) in [6.07, 6.45) is 7.23. The van der Waals surface area contributed by atoms with Crippen LogP contribution in [0.1, 0.15) is 41.0 Å². The first-order valence-corrected chi connectivity index (χ1v) is 12.7. The van der Waals surface area contributed by atoms with Gasteiger partial charge in [-0.25, -0.2) is 9.78 Å². The molecule has 0 radical (unpaired) electrons. The first kappa shape index (κ1) is 22.7. The van der Waals surface area contributed by atoms with Gasteiger partial charge in [0, 0.05) is 24.9 Å². The van der Waals surface area contributed by atoms with Crippen molar-refractivity contribution in [3.05, 3.63) is 56.2 Å². The number of hydrogen-bond acceptors (Lipinski definition) is 8. The van der Waals surface area contributed by atoms with Gasteiger partial charge in [-0.05, 0) is 43.9 Å². The maximum absolute atomic E-state index is 13.2. The lowest BCUT2D eigenvalue weighted by Crippen LogP contribution is -2.37. The molecule has 1 aliphatic carbocycles. The van der Waals surface area contributed by atoms with Gasteiger partial charge in [0.2, 0.25) is 5.88 Å². The molecule has 0 spiro atoms. The lowest BCUT2D eigenvalue weighted by atomic mass is 10.2. The number of nitrogens with zero attached hydrogens (tertiary/aromatic N) is 5. The highest BCUT2D eigenvalue weighted by Gasteiger charge is 2.30. The van der Waals surface area contributed by atoms with E-state index in [1.807, 2.05) is 23.1 Å². The molecule has 1 aliphatic heterocycles. The number of ether oxygens (including phenoxy) is 1. The summed E-state index contributed by atoms with van der Waals surface area (Å²) in [5.41, 5.74) is 1.62. The molecule has 186 valence electrons. The molecule has 1 saturated heterocycles. The SMILES string of the molecule is COCC1CCCN1C(=O)c1ccc(-c2cc(=NC3CC3)n3ncc(=Cc4[nH]c(=O)[nH]c4O)c3n2)s1. The number of imidazole rings is 1. The van der Waals surface area contributed by atoms with Crippen LogP contribution < -0.4 is 16.4 Å². The minimum absolute atomic E-state index is 0.0139. The van der Waals surface area contributed by atoms with Gasteiger partial charge in [0.25, 0.3) is 5.91 Å². The molecule has 2 aliphatic rings. The smallest absolute Gasteiger partial charge is 0.326 e. The summed E-state index contributed by atoms with van der Waals surface area (Å²) in [5.74, 6) is -0.242. The van der Waals surface area contributed by atoms with E-state index in [-0.39, 0.29) is 29.6 Å². The standard InChI is InChI=1S/C24H25N7O4S/c1-35-12-15-3-2-8-30(15)23(33)19-7-6-18(36-19)16-10-20(26-14-4-5-14)31-21(27-16)13(11-25-31)9-17-22(32)29-24(34)28-17/h6-7,9-11,14-15,32H,2-5,8,12H2,1H3,(H2,28,29,34). The Hall–Kier alpha value is -3.77. The van der Waals surface area contributed by atoms with E-state index in [0.717, 1.165) is 37.1 Å². The van der Waals surface area contributed by atoms with Crippen molar-refractivity contribution < 1.29 is 14.6 Å². The van der Waals surface area contributed by atoms with Crippen molar-refractivity contribution >= 4 is 29.0 Å². The average Bonchev–Trinajstić information content (AvgIpc) is 3.24. The molecule has 5 heterocycles. The van der Waals surface area contributed by atoms with E-state index in [2.05, 4.69) is 15.1 Å². The molecule has 11 nitrogen and oxygen atoms in total. The second kappa shape index (κ2) is 9.03. The van der Waals surface area contributed by atoms with E-state index in [1.165, 1.54) is 11.3 Å². The second-order valence-corrected chi connectivity index (χ2v) is 10.2. The number of aromatic hydroxyl groups is 1. The number of H-pyrrole nitrogens is 2. The number of rotatable bonds is 6. The first-order chi connectivity index (χ1) is 17.5. The van der Waals surface area contributed by atoms with E-state index in [9.17, 15) is 14.7 Å². The van der Waals surface area contributed by atoms with Gasteiger partial charge >= 0.3 is 5.69 Å². The second-order valence-electron chi connectivity index (χ2n) is 9.09. The van der Waals surface area contributed by atoms with Crippen LogP contribution in [0.2, 0.25) is 0 Å². The molecule has 36 heavy (non-hydrogen) atoms. The largest absolute Gasteiger partial charge is 0.493 e. The number of carbonyl (C=O) groups excluding carboxylic acids is 1. The van der Waals surface area contributed by atoms with E-state index in [4.69, 9.17) is 14.7 Å². The van der Waals surface area contributed by atoms with Crippen LogP contribution in [0.3, 0.4) is 0 Å². The Kier molecular flexibility index (Phi) is 5.69. The Labute approximate surface area is 208 Å². The normalized spacial score (nSPS) is 19.1. The van der Waals surface area contributed by atoms with Crippen molar-refractivity contribution in [3.8, 4) is 16.5 Å².